The standard InChI is InChI=1S/C17H19NO3/c1-13(19)16-9-7-14(8-10-16)11-18-17(20)21-12-15-5-3-2-4-6-15/h2-10,13,19H,11-12H2,1H3,(H,18,20). The van der Waals surface area contributed by atoms with Crippen molar-refractivity contribution in [2.75, 3.05) is 0 Å². The summed E-state index contributed by atoms with van der Waals surface area (Å²) in [5, 5.41) is 12.1. The molecule has 0 saturated carbocycles. The topological polar surface area (TPSA) is 58.6 Å². The molecule has 2 aromatic rings. The predicted octanol–water partition coefficient (Wildman–Crippen LogP) is 3.17. The lowest BCUT2D eigenvalue weighted by atomic mass is 10.1. The number of rotatable bonds is 5. The molecule has 0 aromatic heterocycles. The summed E-state index contributed by atoms with van der Waals surface area (Å²) in [6.07, 6.45) is -0.929. The van der Waals surface area contributed by atoms with E-state index in [1.165, 1.54) is 0 Å². The van der Waals surface area contributed by atoms with Gasteiger partial charge in [-0.2, -0.15) is 0 Å². The van der Waals surface area contributed by atoms with Gasteiger partial charge in [0.15, 0.2) is 0 Å². The molecule has 1 amide bonds. The Balaban J connectivity index is 1.76. The van der Waals surface area contributed by atoms with E-state index in [9.17, 15) is 9.90 Å². The molecular formula is C17H19NO3. The normalized spacial score (nSPS) is 11.7. The number of hydrogen-bond acceptors (Lipinski definition) is 3. The molecule has 0 radical (unpaired) electrons. The van der Waals surface area contributed by atoms with Crippen molar-refractivity contribution in [1.29, 1.82) is 0 Å². The SMILES string of the molecule is CC(O)c1ccc(CNC(=O)OCc2ccccc2)cc1. The predicted molar refractivity (Wildman–Crippen MR) is 80.5 cm³/mol. The highest BCUT2D eigenvalue weighted by molar-refractivity contribution is 5.67. The van der Waals surface area contributed by atoms with Gasteiger partial charge < -0.3 is 15.2 Å². The molecule has 0 aliphatic rings. The minimum atomic E-state index is -0.483. The van der Waals surface area contributed by atoms with E-state index in [0.29, 0.717) is 6.54 Å². The monoisotopic (exact) mass is 285 g/mol. The number of nitrogens with one attached hydrogen (secondary N) is 1. The molecule has 0 spiro atoms. The Morgan fingerprint density at radius 3 is 2.38 bits per heavy atom. The molecule has 4 nitrogen and oxygen atoms in total. The number of alkyl carbamates (subject to hydrolysis) is 1. The fraction of sp³-hybridized carbons (Fsp3) is 0.235. The first kappa shape index (κ1) is 15.1. The number of aliphatic hydroxyl groups excluding tert-OH is 1. The van der Waals surface area contributed by atoms with Crippen LogP contribution in [0.4, 0.5) is 4.79 Å². The van der Waals surface area contributed by atoms with Gasteiger partial charge in [-0.1, -0.05) is 54.6 Å². The fourth-order valence-electron chi connectivity index (χ4n) is 1.86. The number of carbonyl (C=O) groups excluding carboxylic acids is 1. The van der Waals surface area contributed by atoms with E-state index in [4.69, 9.17) is 4.74 Å². The van der Waals surface area contributed by atoms with Crippen molar-refractivity contribution >= 4 is 6.09 Å². The average molecular weight is 285 g/mol. The van der Waals surface area contributed by atoms with Crippen molar-refractivity contribution in [3.05, 3.63) is 71.3 Å². The highest BCUT2D eigenvalue weighted by Crippen LogP contribution is 2.12. The van der Waals surface area contributed by atoms with Gasteiger partial charge >= 0.3 is 6.09 Å². The van der Waals surface area contributed by atoms with E-state index in [-0.39, 0.29) is 6.61 Å². The van der Waals surface area contributed by atoms with Crippen molar-refractivity contribution in [1.82, 2.24) is 5.32 Å². The molecule has 110 valence electrons. The largest absolute Gasteiger partial charge is 0.445 e. The van der Waals surface area contributed by atoms with Crippen LogP contribution in [-0.2, 0) is 17.9 Å². The lowest BCUT2D eigenvalue weighted by Crippen LogP contribution is -2.23. The van der Waals surface area contributed by atoms with E-state index in [1.807, 2.05) is 54.6 Å². The molecule has 4 heteroatoms. The smallest absolute Gasteiger partial charge is 0.407 e. The average Bonchev–Trinajstić information content (AvgIpc) is 2.52. The Morgan fingerprint density at radius 2 is 1.76 bits per heavy atom. The van der Waals surface area contributed by atoms with Gasteiger partial charge in [-0.3, -0.25) is 0 Å². The molecular weight excluding hydrogens is 266 g/mol. The summed E-state index contributed by atoms with van der Waals surface area (Å²) in [5.41, 5.74) is 2.76. The van der Waals surface area contributed by atoms with Crippen LogP contribution in [-0.4, -0.2) is 11.2 Å². The molecule has 1 unspecified atom stereocenters. The minimum absolute atomic E-state index is 0.258. The van der Waals surface area contributed by atoms with Crippen molar-refractivity contribution < 1.29 is 14.6 Å². The molecule has 0 bridgehead atoms. The van der Waals surface area contributed by atoms with Crippen LogP contribution in [0.15, 0.2) is 54.6 Å². The molecule has 1 atom stereocenters. The number of ether oxygens (including phenoxy) is 1. The first-order chi connectivity index (χ1) is 10.1. The summed E-state index contributed by atoms with van der Waals surface area (Å²) in [6.45, 7) is 2.37. The van der Waals surface area contributed by atoms with E-state index in [2.05, 4.69) is 5.32 Å². The second-order valence-electron chi connectivity index (χ2n) is 4.83. The van der Waals surface area contributed by atoms with Crippen molar-refractivity contribution in [2.24, 2.45) is 0 Å². The number of hydrogen-bond donors (Lipinski definition) is 2. The number of benzene rings is 2. The van der Waals surface area contributed by atoms with Gasteiger partial charge in [-0.15, -0.1) is 0 Å². The van der Waals surface area contributed by atoms with Crippen LogP contribution >= 0.6 is 0 Å². The third kappa shape index (κ3) is 4.93. The molecule has 2 N–H and O–H groups in total. The van der Waals surface area contributed by atoms with Gasteiger partial charge in [0.05, 0.1) is 6.10 Å². The lowest BCUT2D eigenvalue weighted by molar-refractivity contribution is 0.139. The van der Waals surface area contributed by atoms with Crippen LogP contribution in [0.1, 0.15) is 29.7 Å². The summed E-state index contributed by atoms with van der Waals surface area (Å²) < 4.78 is 5.12. The Kier molecular flexibility index (Phi) is 5.35. The van der Waals surface area contributed by atoms with Gasteiger partial charge in [0, 0.05) is 6.54 Å². The van der Waals surface area contributed by atoms with Crippen LogP contribution in [0.2, 0.25) is 0 Å². The molecule has 0 saturated heterocycles. The van der Waals surface area contributed by atoms with Gasteiger partial charge in [0.2, 0.25) is 0 Å². The minimum Gasteiger partial charge on any atom is -0.445 e. The molecule has 0 fully saturated rings. The van der Waals surface area contributed by atoms with Gasteiger partial charge in [0.1, 0.15) is 6.61 Å². The first-order valence-electron chi connectivity index (χ1n) is 6.86. The van der Waals surface area contributed by atoms with Gasteiger partial charge in [-0.05, 0) is 23.6 Å². The van der Waals surface area contributed by atoms with E-state index < -0.39 is 12.2 Å². The summed E-state index contributed by atoms with van der Waals surface area (Å²) in [4.78, 5) is 11.6. The third-order valence-electron chi connectivity index (χ3n) is 3.11. The van der Waals surface area contributed by atoms with Crippen LogP contribution in [0.5, 0.6) is 0 Å². The van der Waals surface area contributed by atoms with Gasteiger partial charge in [0.25, 0.3) is 0 Å². The maximum absolute atomic E-state index is 11.6. The number of aliphatic hydroxyl groups is 1. The maximum atomic E-state index is 11.6. The molecule has 2 rings (SSSR count). The zero-order valence-electron chi connectivity index (χ0n) is 12.0. The zero-order valence-corrected chi connectivity index (χ0v) is 12.0. The summed E-state index contributed by atoms with van der Waals surface area (Å²) in [7, 11) is 0. The second-order valence-corrected chi connectivity index (χ2v) is 4.83. The molecule has 0 aliphatic heterocycles. The second kappa shape index (κ2) is 7.45. The van der Waals surface area contributed by atoms with E-state index in [1.54, 1.807) is 6.92 Å². The van der Waals surface area contributed by atoms with Crippen LogP contribution in [0.3, 0.4) is 0 Å². The highest BCUT2D eigenvalue weighted by Gasteiger charge is 2.04. The summed E-state index contributed by atoms with van der Waals surface area (Å²) >= 11 is 0. The van der Waals surface area contributed by atoms with Crippen molar-refractivity contribution in [2.45, 2.75) is 26.2 Å². The molecule has 21 heavy (non-hydrogen) atoms. The Hall–Kier alpha value is -2.33. The first-order valence-corrected chi connectivity index (χ1v) is 6.86. The molecule has 0 aliphatic carbocycles. The maximum Gasteiger partial charge on any atom is 0.407 e. The zero-order chi connectivity index (χ0) is 15.1. The highest BCUT2D eigenvalue weighted by atomic mass is 16.5. The third-order valence-corrected chi connectivity index (χ3v) is 3.11. The summed E-state index contributed by atoms with van der Waals surface area (Å²) in [5.74, 6) is 0. The number of amides is 1. The quantitative estimate of drug-likeness (QED) is 0.887. The van der Waals surface area contributed by atoms with Crippen LogP contribution < -0.4 is 5.32 Å². The Labute approximate surface area is 124 Å². The van der Waals surface area contributed by atoms with E-state index in [0.717, 1.165) is 16.7 Å². The van der Waals surface area contributed by atoms with Crippen LogP contribution in [0.25, 0.3) is 0 Å². The van der Waals surface area contributed by atoms with E-state index >= 15 is 0 Å². The molecule has 0 heterocycles. The number of carbonyl (C=O) groups is 1. The summed E-state index contributed by atoms with van der Waals surface area (Å²) in [6, 6.07) is 17.0. The fourth-order valence-corrected chi connectivity index (χ4v) is 1.86. The van der Waals surface area contributed by atoms with Crippen molar-refractivity contribution in [3.8, 4) is 0 Å². The van der Waals surface area contributed by atoms with Gasteiger partial charge in [-0.25, -0.2) is 4.79 Å². The lowest BCUT2D eigenvalue weighted by Gasteiger charge is -2.08. The Bertz CT molecular complexity index is 564. The molecule has 2 aromatic carbocycles. The Morgan fingerprint density at radius 1 is 1.10 bits per heavy atom. The van der Waals surface area contributed by atoms with Crippen molar-refractivity contribution in [3.63, 3.8) is 0 Å². The van der Waals surface area contributed by atoms with Crippen LogP contribution in [0, 0.1) is 0 Å².